The second kappa shape index (κ2) is 38.1. The highest BCUT2D eigenvalue weighted by Crippen LogP contribution is 2.60. The number of hydrogen-bond donors (Lipinski definition) is 0. The summed E-state index contributed by atoms with van der Waals surface area (Å²) in [7, 11) is 0. The lowest BCUT2D eigenvalue weighted by atomic mass is 9.67. The summed E-state index contributed by atoms with van der Waals surface area (Å²) in [6.45, 7) is 31.9. The van der Waals surface area contributed by atoms with E-state index in [2.05, 4.69) is 461 Å². The smallest absolute Gasteiger partial charge is 0.0711 e. The van der Waals surface area contributed by atoms with E-state index < -0.39 is 10.8 Å². The Bertz CT molecular complexity index is 6100. The molecule has 12 aromatic carbocycles. The van der Waals surface area contributed by atoms with Crippen molar-refractivity contribution in [2.75, 3.05) is 9.80 Å². The van der Waals surface area contributed by atoms with E-state index in [0.29, 0.717) is 0 Å². The molecule has 0 N–H and O–H groups in total. The molecule has 3 atom stereocenters. The lowest BCUT2D eigenvalue weighted by molar-refractivity contribution is 0.737. The lowest BCUT2D eigenvalue weighted by Gasteiger charge is -2.37. The van der Waals surface area contributed by atoms with Gasteiger partial charge < -0.3 is 9.80 Å². The van der Waals surface area contributed by atoms with Gasteiger partial charge in [0.25, 0.3) is 0 Å². The van der Waals surface area contributed by atoms with Crippen molar-refractivity contribution in [1.29, 1.82) is 0 Å². The van der Waals surface area contributed by atoms with Crippen LogP contribution < -0.4 is 9.80 Å². The molecule has 0 saturated carbocycles. The molecule has 0 amide bonds. The summed E-state index contributed by atoms with van der Waals surface area (Å²) < 4.78 is 2.76. The average Bonchev–Trinajstić information content (AvgIpc) is 1.54. The number of nitrogens with zero attached hydrogens (tertiary/aromatic N) is 2. The van der Waals surface area contributed by atoms with Crippen LogP contribution in [0.2, 0.25) is 0 Å². The second-order valence-electron chi connectivity index (χ2n) is 30.2. The van der Waals surface area contributed by atoms with Crippen molar-refractivity contribution in [3.05, 3.63) is 515 Å². The number of thiophene rings is 1. The van der Waals surface area contributed by atoms with Crippen LogP contribution in [0.15, 0.2) is 448 Å². The molecule has 1 aromatic heterocycles. The van der Waals surface area contributed by atoms with Crippen molar-refractivity contribution < 1.29 is 0 Å². The van der Waals surface area contributed by atoms with Crippen LogP contribution in [0, 0.1) is 0 Å². The van der Waals surface area contributed by atoms with Crippen molar-refractivity contribution in [1.82, 2.24) is 0 Å². The third-order valence-corrected chi connectivity index (χ3v) is 24.7. The molecule has 16 rings (SSSR count). The van der Waals surface area contributed by atoms with Crippen molar-refractivity contribution in [2.45, 2.75) is 97.4 Å². The van der Waals surface area contributed by atoms with Crippen molar-refractivity contribution in [3.63, 3.8) is 0 Å². The number of allylic oxidation sites excluding steroid dienone is 19. The SMILES string of the molecule is C=C/C=C\c1ccccc1/C=C(\C=C)N(c1ccccc1)c1ccc2c(c1)C(C(/C=C\C)=C/C)(c1ccccc1)c1ccccc1-2.C=CCCc1ccccc1CC(C=C)N(C(/C=C(C)/C(C)=C/C=C1\CCc2ccccc21)=C/C)c1ccc2c(c1)C(C(/C=C\C)=C/C)(c1ccccc1)c1ccccc1-2.c1ccc2c(c1)sc1ccccc12. The molecule has 118 heavy (non-hydrogen) atoms. The molecule has 582 valence electrons. The van der Waals surface area contributed by atoms with Gasteiger partial charge in [-0.05, 0) is 264 Å². The Labute approximate surface area is 706 Å². The fourth-order valence-electron chi connectivity index (χ4n) is 18.0. The van der Waals surface area contributed by atoms with Gasteiger partial charge in [-0.3, -0.25) is 0 Å². The average molecular weight is 1550 g/mol. The molecular weight excluding hydrogens is 1440 g/mol. The molecule has 3 unspecified atom stereocenters. The summed E-state index contributed by atoms with van der Waals surface area (Å²) in [6.07, 6.45) is 41.9. The van der Waals surface area contributed by atoms with Gasteiger partial charge in [0, 0.05) is 48.6 Å². The Morgan fingerprint density at radius 1 is 0.449 bits per heavy atom. The molecule has 0 bridgehead atoms. The lowest BCUT2D eigenvalue weighted by Crippen LogP contribution is -2.35. The first-order valence-corrected chi connectivity index (χ1v) is 42.4. The molecule has 1 heterocycles. The van der Waals surface area contributed by atoms with Gasteiger partial charge in [-0.15, -0.1) is 24.5 Å². The number of hydrogen-bond acceptors (Lipinski definition) is 3. The van der Waals surface area contributed by atoms with Gasteiger partial charge in [0.15, 0.2) is 0 Å². The zero-order chi connectivity index (χ0) is 82.0. The number of benzene rings is 12. The van der Waals surface area contributed by atoms with Crippen molar-refractivity contribution >= 4 is 66.3 Å². The molecule has 2 nitrogen and oxygen atoms in total. The number of anilines is 3. The Balaban J connectivity index is 0.000000171. The summed E-state index contributed by atoms with van der Waals surface area (Å²) in [5.74, 6) is 0. The molecule has 0 aliphatic heterocycles. The number of fused-ring (bicyclic) bond motifs is 10. The quantitative estimate of drug-likeness (QED) is 0.0416. The van der Waals surface area contributed by atoms with Crippen molar-refractivity contribution in [2.24, 2.45) is 0 Å². The number of rotatable bonds is 25. The highest BCUT2D eigenvalue weighted by molar-refractivity contribution is 7.25. The minimum atomic E-state index is -0.495. The predicted molar refractivity (Wildman–Crippen MR) is 514 cm³/mol. The van der Waals surface area contributed by atoms with Crippen LogP contribution in [-0.2, 0) is 30.1 Å². The van der Waals surface area contributed by atoms with E-state index in [0.717, 1.165) is 71.7 Å². The fraction of sp³-hybridized carbons (Fsp3) is 0.130. The minimum absolute atomic E-state index is 0.0267. The molecule has 3 heteroatoms. The maximum Gasteiger partial charge on any atom is 0.0711 e. The van der Waals surface area contributed by atoms with Gasteiger partial charge in [-0.2, -0.15) is 0 Å². The Morgan fingerprint density at radius 3 is 1.51 bits per heavy atom. The van der Waals surface area contributed by atoms with Crippen LogP contribution in [0.1, 0.15) is 128 Å². The first-order chi connectivity index (χ1) is 58.0. The largest absolute Gasteiger partial charge is 0.334 e. The predicted octanol–water partition coefficient (Wildman–Crippen LogP) is 31.2. The number of aryl methyl sites for hydroxylation is 2. The highest BCUT2D eigenvalue weighted by atomic mass is 32.1. The van der Waals surface area contributed by atoms with E-state index in [1.54, 1.807) is 6.08 Å². The van der Waals surface area contributed by atoms with Gasteiger partial charge in [0.05, 0.1) is 16.9 Å². The summed E-state index contributed by atoms with van der Waals surface area (Å²) >= 11 is 1.86. The molecule has 0 saturated heterocycles. The van der Waals surface area contributed by atoms with Crippen LogP contribution in [0.5, 0.6) is 0 Å². The molecule has 3 aliphatic rings. The normalized spacial score (nSPS) is 16.3. The zero-order valence-electron chi connectivity index (χ0n) is 69.3. The summed E-state index contributed by atoms with van der Waals surface area (Å²) in [5, 5.41) is 2.76. The third kappa shape index (κ3) is 16.3. The first-order valence-electron chi connectivity index (χ1n) is 41.5. The van der Waals surface area contributed by atoms with Gasteiger partial charge >= 0.3 is 0 Å². The Kier molecular flexibility index (Phi) is 26.3. The van der Waals surface area contributed by atoms with Gasteiger partial charge in [0.2, 0.25) is 0 Å². The van der Waals surface area contributed by atoms with Crippen LogP contribution in [0.3, 0.4) is 0 Å². The number of para-hydroxylation sites is 1. The maximum atomic E-state index is 4.52. The third-order valence-electron chi connectivity index (χ3n) is 23.6. The van der Waals surface area contributed by atoms with E-state index in [9.17, 15) is 0 Å². The van der Waals surface area contributed by atoms with E-state index in [4.69, 9.17) is 0 Å². The minimum Gasteiger partial charge on any atom is -0.334 e. The monoisotopic (exact) mass is 1550 g/mol. The highest BCUT2D eigenvalue weighted by Gasteiger charge is 2.48. The van der Waals surface area contributed by atoms with Gasteiger partial charge in [-0.1, -0.05) is 347 Å². The van der Waals surface area contributed by atoms with Crippen LogP contribution in [0.25, 0.3) is 60.2 Å². The fourth-order valence-corrected chi connectivity index (χ4v) is 19.1. The summed E-state index contributed by atoms with van der Waals surface area (Å²) in [4.78, 5) is 4.84. The molecule has 0 radical (unpaired) electrons. The molecule has 13 aromatic rings. The Hall–Kier alpha value is -13.2. The zero-order valence-corrected chi connectivity index (χ0v) is 70.2. The van der Waals surface area contributed by atoms with Crippen molar-refractivity contribution in [3.8, 4) is 22.3 Å². The Morgan fingerprint density at radius 2 is 0.949 bits per heavy atom. The summed E-state index contributed by atoms with van der Waals surface area (Å²) in [6, 6.07) is 108. The van der Waals surface area contributed by atoms with Gasteiger partial charge in [0.1, 0.15) is 0 Å². The maximum absolute atomic E-state index is 4.52. The van der Waals surface area contributed by atoms with E-state index in [1.807, 2.05) is 29.6 Å². The topological polar surface area (TPSA) is 6.48 Å². The van der Waals surface area contributed by atoms with Crippen LogP contribution in [0.4, 0.5) is 17.1 Å². The molecule has 0 spiro atoms. The van der Waals surface area contributed by atoms with E-state index in [-0.39, 0.29) is 6.04 Å². The van der Waals surface area contributed by atoms with E-state index >= 15 is 0 Å². The summed E-state index contributed by atoms with van der Waals surface area (Å²) in [5.41, 5.74) is 31.4. The standard InChI is InChI=1S/C58H59N.C45H39N.C12H8S/c1-8-13-24-44-25-17-18-27-47(44)40-51(12-5)59(50(11-4)39-43(7)42(6)33-34-46-36-35-45-26-19-20-30-53(45)46)52-37-38-55-54-31-21-22-32-56(54)58(57(55)41-52,48(10-3)23-9-2)49-28-15-14-16-29-49;1-5-9-21-34-22-16-17-23-35(34)32-38(8-4)46(39-26-14-11-15-27-39)40-30-31-42-41-28-18-19-29-43(41)45(44(42)33-40,36(7-3)20-6-2)37-24-12-10-13-25-37;1-3-7-11-9(5-1)10-6-2-4-8-12(10)13-11/h8-12,14-23,25-34,37-39,41,51H,1,5,13,24,35-36,40H2,2-4,6-7H3;5-33H,1,4H2,2-3H3;1-8H/b23-9-,42-33+,43-39+,46-34+,48-10+,50-11+;20-6-,21-9-,36-7+,38-32+;. The molecule has 3 aliphatic carbocycles. The van der Waals surface area contributed by atoms with E-state index in [1.165, 1.54) is 126 Å². The molecular formula is C115H106N2S. The van der Waals surface area contributed by atoms with Crippen LogP contribution >= 0.6 is 11.3 Å². The first kappa shape index (κ1) is 81.4. The molecule has 0 fully saturated rings. The van der Waals surface area contributed by atoms with Crippen LogP contribution in [-0.4, -0.2) is 6.04 Å². The second-order valence-corrected chi connectivity index (χ2v) is 31.3. The van der Waals surface area contributed by atoms with Gasteiger partial charge in [-0.25, -0.2) is 0 Å².